The molecule has 0 bridgehead atoms. The number of hydrogen-bond donors (Lipinski definition) is 3. The summed E-state index contributed by atoms with van der Waals surface area (Å²) >= 11 is 0. The van der Waals surface area contributed by atoms with Crippen LogP contribution in [0.25, 0.3) is 0 Å². The highest BCUT2D eigenvalue weighted by atomic mass is 16.6. The first-order chi connectivity index (χ1) is 24.8. The molecule has 8 heteroatoms. The lowest BCUT2D eigenvalue weighted by molar-refractivity contribution is -0.152. The van der Waals surface area contributed by atoms with Crippen LogP contribution < -0.4 is 0 Å². The summed E-state index contributed by atoms with van der Waals surface area (Å²) in [6, 6.07) is 0. The quantitative estimate of drug-likeness (QED) is 0.0335. The Morgan fingerprint density at radius 2 is 1.06 bits per heavy atom. The van der Waals surface area contributed by atoms with Gasteiger partial charge in [-0.15, -0.1) is 0 Å². The zero-order chi connectivity index (χ0) is 37.4. The van der Waals surface area contributed by atoms with Crippen molar-refractivity contribution in [1.82, 2.24) is 0 Å². The largest absolute Gasteiger partial charge is 0.463 e. The summed E-state index contributed by atoms with van der Waals surface area (Å²) in [6.45, 7) is 4.02. The fraction of sp³-hybridized carbons (Fsp3) is 0.884. The van der Waals surface area contributed by atoms with Crippen molar-refractivity contribution in [3.05, 3.63) is 12.2 Å². The van der Waals surface area contributed by atoms with Crippen molar-refractivity contribution in [2.75, 3.05) is 13.2 Å². The Bertz CT molecular complexity index is 889. The Morgan fingerprint density at radius 3 is 1.53 bits per heavy atom. The van der Waals surface area contributed by atoms with Gasteiger partial charge in [0.05, 0.1) is 12.2 Å². The summed E-state index contributed by atoms with van der Waals surface area (Å²) in [4.78, 5) is 36.6. The van der Waals surface area contributed by atoms with Crippen molar-refractivity contribution >= 4 is 17.7 Å². The molecule has 51 heavy (non-hydrogen) atoms. The minimum atomic E-state index is -1.04. The first kappa shape index (κ1) is 47.3. The fourth-order valence-electron chi connectivity index (χ4n) is 7.10. The van der Waals surface area contributed by atoms with Crippen molar-refractivity contribution in [1.29, 1.82) is 0 Å². The predicted molar refractivity (Wildman–Crippen MR) is 206 cm³/mol. The SMILES string of the molecule is CCCCCCCCCCCCCCCCCCCC(=O)OC[C@@H](O)COC(=O)CCCCCC[C@H]1C(=O)C[C@@H](O)[C@@H]1/C=C/[C@@H](O)CCCCC. The molecule has 1 fully saturated rings. The summed E-state index contributed by atoms with van der Waals surface area (Å²) in [5.41, 5.74) is 0. The average molecular weight is 723 g/mol. The second-order valence-electron chi connectivity index (χ2n) is 15.2. The molecule has 0 radical (unpaired) electrons. The van der Waals surface area contributed by atoms with Gasteiger partial charge >= 0.3 is 11.9 Å². The van der Waals surface area contributed by atoms with Crippen LogP contribution in [0.5, 0.6) is 0 Å². The number of ketones is 1. The Hall–Kier alpha value is -1.77. The first-order valence-electron chi connectivity index (χ1n) is 21.3. The average Bonchev–Trinajstić information content (AvgIpc) is 3.39. The van der Waals surface area contributed by atoms with Crippen LogP contribution >= 0.6 is 0 Å². The molecule has 0 aromatic heterocycles. The van der Waals surface area contributed by atoms with E-state index >= 15 is 0 Å². The molecular weight excluding hydrogens is 644 g/mol. The molecule has 0 heterocycles. The molecule has 1 rings (SSSR count). The van der Waals surface area contributed by atoms with E-state index in [0.29, 0.717) is 25.7 Å². The number of ether oxygens (including phenoxy) is 2. The van der Waals surface area contributed by atoms with Gasteiger partial charge in [0.25, 0.3) is 0 Å². The smallest absolute Gasteiger partial charge is 0.305 e. The lowest BCUT2D eigenvalue weighted by atomic mass is 9.88. The van der Waals surface area contributed by atoms with Gasteiger partial charge in [-0.05, 0) is 25.7 Å². The van der Waals surface area contributed by atoms with Gasteiger partial charge in [-0.1, -0.05) is 167 Å². The van der Waals surface area contributed by atoms with Gasteiger partial charge in [-0.2, -0.15) is 0 Å². The van der Waals surface area contributed by atoms with Crippen molar-refractivity contribution in [3.8, 4) is 0 Å². The molecule has 0 aromatic carbocycles. The van der Waals surface area contributed by atoms with E-state index in [2.05, 4.69) is 13.8 Å². The molecule has 0 amide bonds. The molecule has 1 saturated carbocycles. The Kier molecular flexibility index (Phi) is 30.4. The van der Waals surface area contributed by atoms with E-state index in [-0.39, 0.29) is 55.6 Å². The summed E-state index contributed by atoms with van der Waals surface area (Å²) in [6.07, 6.45) is 31.7. The Labute approximate surface area is 311 Å². The summed E-state index contributed by atoms with van der Waals surface area (Å²) in [7, 11) is 0. The van der Waals surface area contributed by atoms with E-state index in [0.717, 1.165) is 57.8 Å². The Morgan fingerprint density at radius 1 is 0.647 bits per heavy atom. The number of hydrogen-bond acceptors (Lipinski definition) is 8. The molecule has 298 valence electrons. The van der Waals surface area contributed by atoms with E-state index in [4.69, 9.17) is 9.47 Å². The third-order valence-corrected chi connectivity index (χ3v) is 10.4. The summed E-state index contributed by atoms with van der Waals surface area (Å²) in [5, 5.41) is 30.6. The van der Waals surface area contributed by atoms with Gasteiger partial charge < -0.3 is 24.8 Å². The molecule has 1 aliphatic carbocycles. The molecule has 1 aliphatic rings. The molecule has 0 aromatic rings. The van der Waals surface area contributed by atoms with E-state index < -0.39 is 18.3 Å². The van der Waals surface area contributed by atoms with Crippen molar-refractivity contribution in [3.63, 3.8) is 0 Å². The second kappa shape index (κ2) is 32.8. The van der Waals surface area contributed by atoms with Crippen LogP contribution in [0.15, 0.2) is 12.2 Å². The molecular formula is C43H78O8. The third-order valence-electron chi connectivity index (χ3n) is 10.4. The van der Waals surface area contributed by atoms with Crippen LogP contribution in [-0.4, -0.2) is 64.6 Å². The van der Waals surface area contributed by atoms with Crippen molar-refractivity contribution < 1.29 is 39.2 Å². The lowest BCUT2D eigenvalue weighted by Gasteiger charge is -2.18. The van der Waals surface area contributed by atoms with Gasteiger partial charge in [-0.25, -0.2) is 0 Å². The molecule has 8 nitrogen and oxygen atoms in total. The van der Waals surface area contributed by atoms with Crippen LogP contribution in [0.2, 0.25) is 0 Å². The van der Waals surface area contributed by atoms with Gasteiger partial charge in [0.15, 0.2) is 0 Å². The maximum absolute atomic E-state index is 12.5. The molecule has 0 aliphatic heterocycles. The molecule has 0 unspecified atom stereocenters. The minimum Gasteiger partial charge on any atom is -0.463 e. The number of esters is 2. The zero-order valence-electron chi connectivity index (χ0n) is 32.8. The molecule has 5 atom stereocenters. The maximum Gasteiger partial charge on any atom is 0.305 e. The Balaban J connectivity index is 1.97. The number of unbranched alkanes of at least 4 members (excludes halogenated alkanes) is 21. The molecule has 3 N–H and O–H groups in total. The molecule has 0 saturated heterocycles. The lowest BCUT2D eigenvalue weighted by Crippen LogP contribution is -2.25. The number of aliphatic hydroxyl groups excluding tert-OH is 3. The standard InChI is InChI=1S/C43H78O8/c1-3-5-7-8-9-10-11-12-13-14-15-16-17-18-19-20-25-29-42(48)50-34-37(45)35-51-43(49)30-26-22-21-24-28-38-39(41(47)33-40(38)46)32-31-36(44)27-23-6-4-2/h31-32,36-39,41,44-45,47H,3-30,33-35H2,1-2H3/b32-31+/t36-,37+,38+,39+,41+/m0/s1. The van der Waals surface area contributed by atoms with E-state index in [9.17, 15) is 29.7 Å². The normalized spacial score (nSPS) is 18.8. The van der Waals surface area contributed by atoms with Crippen LogP contribution in [0, 0.1) is 11.8 Å². The van der Waals surface area contributed by atoms with Crippen LogP contribution in [0.1, 0.15) is 200 Å². The number of carbonyl (C=O) groups is 3. The zero-order valence-corrected chi connectivity index (χ0v) is 32.8. The van der Waals surface area contributed by atoms with E-state index in [1.165, 1.54) is 89.9 Å². The third kappa shape index (κ3) is 26.6. The van der Waals surface area contributed by atoms with Crippen LogP contribution in [0.3, 0.4) is 0 Å². The summed E-state index contributed by atoms with van der Waals surface area (Å²) in [5.74, 6) is -1.10. The van der Waals surface area contributed by atoms with Gasteiger partial charge in [0, 0.05) is 31.1 Å². The topological polar surface area (TPSA) is 130 Å². The highest BCUT2D eigenvalue weighted by molar-refractivity contribution is 5.84. The first-order valence-corrected chi connectivity index (χ1v) is 21.3. The number of Topliss-reactive ketones (excluding diaryl/α,β-unsaturated/α-hetero) is 1. The summed E-state index contributed by atoms with van der Waals surface area (Å²) < 4.78 is 10.3. The number of aliphatic hydroxyl groups is 3. The van der Waals surface area contributed by atoms with Gasteiger partial charge in [-0.3, -0.25) is 14.4 Å². The van der Waals surface area contributed by atoms with Gasteiger partial charge in [0.2, 0.25) is 0 Å². The highest BCUT2D eigenvalue weighted by Gasteiger charge is 2.39. The number of carbonyl (C=O) groups excluding carboxylic acids is 3. The monoisotopic (exact) mass is 723 g/mol. The highest BCUT2D eigenvalue weighted by Crippen LogP contribution is 2.34. The second-order valence-corrected chi connectivity index (χ2v) is 15.2. The maximum atomic E-state index is 12.5. The van der Waals surface area contributed by atoms with Crippen molar-refractivity contribution in [2.45, 2.75) is 218 Å². The minimum absolute atomic E-state index is 0.0841. The predicted octanol–water partition coefficient (Wildman–Crippen LogP) is 9.88. The fourth-order valence-corrected chi connectivity index (χ4v) is 7.10. The molecule has 0 spiro atoms. The van der Waals surface area contributed by atoms with Crippen molar-refractivity contribution in [2.24, 2.45) is 11.8 Å². The van der Waals surface area contributed by atoms with Gasteiger partial charge in [0.1, 0.15) is 25.1 Å². The van der Waals surface area contributed by atoms with Crippen LogP contribution in [0.4, 0.5) is 0 Å². The van der Waals surface area contributed by atoms with Crippen LogP contribution in [-0.2, 0) is 23.9 Å². The number of rotatable bonds is 35. The van der Waals surface area contributed by atoms with E-state index in [1.807, 2.05) is 6.08 Å². The van der Waals surface area contributed by atoms with E-state index in [1.54, 1.807) is 6.08 Å².